The van der Waals surface area contributed by atoms with Crippen LogP contribution in [-0.4, -0.2) is 33.9 Å². The van der Waals surface area contributed by atoms with Crippen molar-refractivity contribution in [3.63, 3.8) is 0 Å². The number of anilines is 2. The van der Waals surface area contributed by atoms with Gasteiger partial charge >= 0.3 is 0 Å². The zero-order valence-corrected chi connectivity index (χ0v) is 10.2. The Kier molecular flexibility index (Phi) is 3.36. The number of aliphatic hydroxyl groups is 2. The van der Waals surface area contributed by atoms with Crippen LogP contribution in [0.25, 0.3) is 10.9 Å². The van der Waals surface area contributed by atoms with Gasteiger partial charge in [0.1, 0.15) is 5.60 Å². The highest BCUT2D eigenvalue weighted by atomic mass is 16.3. The molecule has 1 aromatic carbocycles. The van der Waals surface area contributed by atoms with Crippen LogP contribution in [0, 0.1) is 0 Å². The van der Waals surface area contributed by atoms with Gasteiger partial charge in [-0.1, -0.05) is 18.2 Å². The van der Waals surface area contributed by atoms with Gasteiger partial charge in [0.25, 0.3) is 0 Å². The second-order valence-corrected chi connectivity index (χ2v) is 4.61. The molecule has 1 aromatic heterocycles. The van der Waals surface area contributed by atoms with Crippen molar-refractivity contribution < 1.29 is 10.2 Å². The fraction of sp³-hybridized carbons (Fsp3) is 0.308. The summed E-state index contributed by atoms with van der Waals surface area (Å²) in [6.45, 7) is 1.45. The van der Waals surface area contributed by atoms with Crippen LogP contribution >= 0.6 is 0 Å². The third kappa shape index (κ3) is 2.52. The Morgan fingerprint density at radius 2 is 2.11 bits per heavy atom. The molecule has 0 saturated carbocycles. The van der Waals surface area contributed by atoms with Crippen LogP contribution in [0.2, 0.25) is 0 Å². The van der Waals surface area contributed by atoms with Gasteiger partial charge in [-0.3, -0.25) is 4.98 Å². The zero-order chi connectivity index (χ0) is 13.2. The summed E-state index contributed by atoms with van der Waals surface area (Å²) in [4.78, 5) is 4.23. The standard InChI is InChI=1S/C13H17N3O2/c1-13(18,8-17)7-16-12-9-4-2-3-5-11(9)15-6-10(12)14/h2-6,17-18H,7-8,14H2,1H3,(H,15,16). The number of para-hydroxylation sites is 1. The first-order valence-corrected chi connectivity index (χ1v) is 5.74. The fourth-order valence-electron chi connectivity index (χ4n) is 1.69. The molecule has 2 rings (SSSR count). The first-order valence-electron chi connectivity index (χ1n) is 5.74. The summed E-state index contributed by atoms with van der Waals surface area (Å²) in [7, 11) is 0. The maximum absolute atomic E-state index is 9.78. The van der Waals surface area contributed by atoms with Gasteiger partial charge in [-0.2, -0.15) is 0 Å². The van der Waals surface area contributed by atoms with Gasteiger partial charge in [0.15, 0.2) is 0 Å². The van der Waals surface area contributed by atoms with E-state index in [1.807, 2.05) is 24.3 Å². The molecule has 5 nitrogen and oxygen atoms in total. The van der Waals surface area contributed by atoms with Crippen molar-refractivity contribution in [3.8, 4) is 0 Å². The summed E-state index contributed by atoms with van der Waals surface area (Å²) in [5.74, 6) is 0. The summed E-state index contributed by atoms with van der Waals surface area (Å²) < 4.78 is 0. The molecule has 0 aliphatic rings. The number of aromatic nitrogens is 1. The van der Waals surface area contributed by atoms with Crippen molar-refractivity contribution in [1.82, 2.24) is 4.98 Å². The average Bonchev–Trinajstić information content (AvgIpc) is 2.37. The average molecular weight is 247 g/mol. The second-order valence-electron chi connectivity index (χ2n) is 4.61. The molecule has 5 N–H and O–H groups in total. The van der Waals surface area contributed by atoms with E-state index in [0.717, 1.165) is 16.6 Å². The molecule has 1 atom stereocenters. The summed E-state index contributed by atoms with van der Waals surface area (Å²) in [5.41, 5.74) is 6.78. The van der Waals surface area contributed by atoms with E-state index in [1.54, 1.807) is 13.1 Å². The van der Waals surface area contributed by atoms with Gasteiger partial charge in [0.05, 0.1) is 29.7 Å². The molecule has 0 bridgehead atoms. The molecule has 1 heterocycles. The number of pyridine rings is 1. The third-order valence-electron chi connectivity index (χ3n) is 2.79. The van der Waals surface area contributed by atoms with Crippen LogP contribution in [0.4, 0.5) is 11.4 Å². The van der Waals surface area contributed by atoms with Gasteiger partial charge in [-0.15, -0.1) is 0 Å². The highest BCUT2D eigenvalue weighted by Gasteiger charge is 2.19. The van der Waals surface area contributed by atoms with Crippen LogP contribution < -0.4 is 11.1 Å². The second kappa shape index (κ2) is 4.80. The van der Waals surface area contributed by atoms with Crippen LogP contribution in [0.1, 0.15) is 6.92 Å². The van der Waals surface area contributed by atoms with E-state index < -0.39 is 5.60 Å². The summed E-state index contributed by atoms with van der Waals surface area (Å²) in [6, 6.07) is 7.61. The maximum atomic E-state index is 9.78. The Bertz CT molecular complexity index is 555. The number of hydrogen-bond donors (Lipinski definition) is 4. The zero-order valence-electron chi connectivity index (χ0n) is 10.2. The number of nitrogens with two attached hydrogens (primary N) is 1. The van der Waals surface area contributed by atoms with Crippen LogP contribution in [-0.2, 0) is 0 Å². The van der Waals surface area contributed by atoms with E-state index in [0.29, 0.717) is 5.69 Å². The first-order chi connectivity index (χ1) is 8.53. The lowest BCUT2D eigenvalue weighted by Gasteiger charge is -2.22. The molecule has 0 fully saturated rings. The van der Waals surface area contributed by atoms with E-state index in [1.165, 1.54) is 0 Å². The fourth-order valence-corrected chi connectivity index (χ4v) is 1.69. The number of rotatable bonds is 4. The largest absolute Gasteiger partial charge is 0.396 e. The smallest absolute Gasteiger partial charge is 0.102 e. The number of nitrogen functional groups attached to an aromatic ring is 1. The first kappa shape index (κ1) is 12.6. The lowest BCUT2D eigenvalue weighted by atomic mass is 10.1. The Hall–Kier alpha value is -1.85. The molecule has 96 valence electrons. The Balaban J connectivity index is 2.35. The molecule has 0 saturated heterocycles. The van der Waals surface area contributed by atoms with Crippen LogP contribution in [0.15, 0.2) is 30.5 Å². The third-order valence-corrected chi connectivity index (χ3v) is 2.79. The molecular formula is C13H17N3O2. The quantitative estimate of drug-likeness (QED) is 0.646. The molecule has 18 heavy (non-hydrogen) atoms. The predicted octanol–water partition coefficient (Wildman–Crippen LogP) is 0.972. The molecule has 5 heteroatoms. The summed E-state index contributed by atoms with van der Waals surface area (Å²) >= 11 is 0. The molecule has 0 spiro atoms. The van der Waals surface area contributed by atoms with E-state index in [4.69, 9.17) is 10.8 Å². The van der Waals surface area contributed by atoms with Gasteiger partial charge in [0.2, 0.25) is 0 Å². The highest BCUT2D eigenvalue weighted by molar-refractivity contribution is 5.96. The van der Waals surface area contributed by atoms with Crippen molar-refractivity contribution in [2.24, 2.45) is 0 Å². The lowest BCUT2D eigenvalue weighted by Crippen LogP contribution is -2.37. The van der Waals surface area contributed by atoms with Crippen molar-refractivity contribution in [3.05, 3.63) is 30.5 Å². The highest BCUT2D eigenvalue weighted by Crippen LogP contribution is 2.27. The minimum Gasteiger partial charge on any atom is -0.396 e. The SMILES string of the molecule is CC(O)(CO)CNc1c(N)cnc2ccccc12. The normalized spacial score (nSPS) is 14.4. The van der Waals surface area contributed by atoms with Gasteiger partial charge in [-0.05, 0) is 13.0 Å². The number of nitrogens with zero attached hydrogens (tertiary/aromatic N) is 1. The number of aliphatic hydroxyl groups excluding tert-OH is 1. The maximum Gasteiger partial charge on any atom is 0.102 e. The van der Waals surface area contributed by atoms with Crippen LogP contribution in [0.3, 0.4) is 0 Å². The molecular weight excluding hydrogens is 230 g/mol. The molecule has 2 aromatic rings. The van der Waals surface area contributed by atoms with E-state index in [9.17, 15) is 5.11 Å². The lowest BCUT2D eigenvalue weighted by molar-refractivity contribution is 0.0132. The number of nitrogens with one attached hydrogen (secondary N) is 1. The topological polar surface area (TPSA) is 91.4 Å². The van der Waals surface area contributed by atoms with Gasteiger partial charge in [0, 0.05) is 11.9 Å². The van der Waals surface area contributed by atoms with Gasteiger partial charge < -0.3 is 21.3 Å². The summed E-state index contributed by atoms with van der Waals surface area (Å²) in [5, 5.41) is 22.8. The van der Waals surface area contributed by atoms with Crippen LogP contribution in [0.5, 0.6) is 0 Å². The molecule has 0 aliphatic heterocycles. The van der Waals surface area contributed by atoms with Crippen molar-refractivity contribution in [2.75, 3.05) is 24.2 Å². The van der Waals surface area contributed by atoms with Crippen molar-refractivity contribution in [1.29, 1.82) is 0 Å². The van der Waals surface area contributed by atoms with Gasteiger partial charge in [-0.25, -0.2) is 0 Å². The van der Waals surface area contributed by atoms with E-state index in [-0.39, 0.29) is 13.2 Å². The Morgan fingerprint density at radius 1 is 1.39 bits per heavy atom. The Morgan fingerprint density at radius 3 is 2.83 bits per heavy atom. The minimum atomic E-state index is -1.18. The molecule has 0 aliphatic carbocycles. The summed E-state index contributed by atoms with van der Waals surface area (Å²) in [6.07, 6.45) is 1.58. The molecule has 0 radical (unpaired) electrons. The number of fused-ring (bicyclic) bond motifs is 1. The Labute approximate surface area is 105 Å². The predicted molar refractivity (Wildman–Crippen MR) is 72.4 cm³/mol. The number of benzene rings is 1. The van der Waals surface area contributed by atoms with E-state index in [2.05, 4.69) is 10.3 Å². The van der Waals surface area contributed by atoms with E-state index >= 15 is 0 Å². The minimum absolute atomic E-state index is 0.210. The molecule has 1 unspecified atom stereocenters. The van der Waals surface area contributed by atoms with Crippen molar-refractivity contribution >= 4 is 22.3 Å². The van der Waals surface area contributed by atoms with Crippen molar-refractivity contribution in [2.45, 2.75) is 12.5 Å². The molecule has 0 amide bonds. The number of hydrogen-bond acceptors (Lipinski definition) is 5. The monoisotopic (exact) mass is 247 g/mol.